The van der Waals surface area contributed by atoms with Crippen molar-refractivity contribution in [2.24, 2.45) is 0 Å². The number of nitrogens with zero attached hydrogens (tertiary/aromatic N) is 6. The molecule has 8 nitrogen and oxygen atoms in total. The number of likely N-dealkylation sites (tertiary alicyclic amines) is 1. The van der Waals surface area contributed by atoms with Crippen molar-refractivity contribution in [1.29, 1.82) is 0 Å². The normalized spacial score (nSPS) is 17.5. The van der Waals surface area contributed by atoms with Gasteiger partial charge in [0.15, 0.2) is 5.82 Å². The summed E-state index contributed by atoms with van der Waals surface area (Å²) in [7, 11) is 4.11. The average molecular weight is 353 g/mol. The molecule has 1 atom stereocenters. The van der Waals surface area contributed by atoms with Crippen molar-refractivity contribution in [1.82, 2.24) is 35.0 Å². The predicted molar refractivity (Wildman–Crippen MR) is 97.9 cm³/mol. The molecular weight excluding hydrogens is 330 g/mol. The highest BCUT2D eigenvalue weighted by Gasteiger charge is 2.31. The molecule has 0 bridgehead atoms. The van der Waals surface area contributed by atoms with Crippen LogP contribution < -0.4 is 0 Å². The van der Waals surface area contributed by atoms with Crippen molar-refractivity contribution in [3.05, 3.63) is 41.9 Å². The van der Waals surface area contributed by atoms with Gasteiger partial charge in [-0.2, -0.15) is 5.21 Å². The number of para-hydroxylation sites is 1. The first-order valence-electron chi connectivity index (χ1n) is 8.88. The Morgan fingerprint density at radius 2 is 2.19 bits per heavy atom. The summed E-state index contributed by atoms with van der Waals surface area (Å²) in [4.78, 5) is 17.2. The van der Waals surface area contributed by atoms with E-state index in [1.54, 1.807) is 0 Å². The van der Waals surface area contributed by atoms with E-state index < -0.39 is 0 Å². The van der Waals surface area contributed by atoms with E-state index >= 15 is 0 Å². The van der Waals surface area contributed by atoms with Gasteiger partial charge in [0.2, 0.25) is 0 Å². The summed E-state index contributed by atoms with van der Waals surface area (Å²) in [6.45, 7) is 3.13. The number of H-pyrrole nitrogens is 1. The zero-order chi connectivity index (χ0) is 18.1. The fourth-order valence-electron chi connectivity index (χ4n) is 3.58. The van der Waals surface area contributed by atoms with Gasteiger partial charge in [-0.15, -0.1) is 10.2 Å². The third-order valence-corrected chi connectivity index (χ3v) is 5.01. The van der Waals surface area contributed by atoms with Gasteiger partial charge in [-0.1, -0.05) is 23.4 Å². The molecule has 1 aromatic carbocycles. The molecule has 0 saturated carbocycles. The van der Waals surface area contributed by atoms with Crippen LogP contribution >= 0.6 is 0 Å². The topological polar surface area (TPSA) is 82.9 Å². The standard InChI is InChI=1S/C18H23N7O/c1-23(2)9-10-24-12-15(14-5-3-4-6-16(14)24)18(26)25-8-7-13(11-25)17-19-21-22-20-17/h3-6,12-13H,7-11H2,1-2H3,(H,19,20,21,22). The molecule has 2 aromatic heterocycles. The second kappa shape index (κ2) is 6.87. The van der Waals surface area contributed by atoms with Gasteiger partial charge >= 0.3 is 0 Å². The Balaban J connectivity index is 1.59. The lowest BCUT2D eigenvalue weighted by Crippen LogP contribution is -2.28. The predicted octanol–water partition coefficient (Wildman–Crippen LogP) is 1.35. The molecule has 1 unspecified atom stereocenters. The number of likely N-dealkylation sites (N-methyl/N-ethyl adjacent to an activating group) is 1. The van der Waals surface area contributed by atoms with Crippen LogP contribution in [0.5, 0.6) is 0 Å². The Labute approximate surface area is 151 Å². The molecule has 1 aliphatic rings. The van der Waals surface area contributed by atoms with Gasteiger partial charge in [-0.3, -0.25) is 4.79 Å². The maximum Gasteiger partial charge on any atom is 0.256 e. The van der Waals surface area contributed by atoms with Crippen LogP contribution in [0.3, 0.4) is 0 Å². The Kier molecular flexibility index (Phi) is 4.42. The Hall–Kier alpha value is -2.74. The maximum atomic E-state index is 13.2. The summed E-state index contributed by atoms with van der Waals surface area (Å²) in [6, 6.07) is 8.11. The quantitative estimate of drug-likeness (QED) is 0.748. The van der Waals surface area contributed by atoms with Crippen molar-refractivity contribution >= 4 is 16.8 Å². The second-order valence-electron chi connectivity index (χ2n) is 7.06. The van der Waals surface area contributed by atoms with Gasteiger partial charge in [-0.05, 0) is 26.6 Å². The number of aromatic amines is 1. The molecule has 1 amide bonds. The highest BCUT2D eigenvalue weighted by atomic mass is 16.2. The minimum atomic E-state index is 0.0794. The molecule has 136 valence electrons. The molecule has 3 heterocycles. The summed E-state index contributed by atoms with van der Waals surface area (Å²) >= 11 is 0. The van der Waals surface area contributed by atoms with Crippen LogP contribution in [0, 0.1) is 0 Å². The van der Waals surface area contributed by atoms with E-state index in [0.29, 0.717) is 12.4 Å². The third kappa shape index (κ3) is 3.08. The van der Waals surface area contributed by atoms with Crippen LogP contribution in [0.2, 0.25) is 0 Å². The lowest BCUT2D eigenvalue weighted by Gasteiger charge is -2.15. The van der Waals surface area contributed by atoms with E-state index in [1.807, 2.05) is 29.3 Å². The van der Waals surface area contributed by atoms with Crippen LogP contribution in [0.4, 0.5) is 0 Å². The van der Waals surface area contributed by atoms with Gasteiger partial charge in [0, 0.05) is 49.2 Å². The van der Waals surface area contributed by atoms with Gasteiger partial charge in [0.05, 0.1) is 5.56 Å². The first-order valence-corrected chi connectivity index (χ1v) is 8.88. The lowest BCUT2D eigenvalue weighted by atomic mass is 10.1. The van der Waals surface area contributed by atoms with Crippen LogP contribution in [-0.4, -0.2) is 74.6 Å². The fourth-order valence-corrected chi connectivity index (χ4v) is 3.58. The molecule has 0 spiro atoms. The number of benzene rings is 1. The monoisotopic (exact) mass is 353 g/mol. The summed E-state index contributed by atoms with van der Waals surface area (Å²) in [5.74, 6) is 0.921. The van der Waals surface area contributed by atoms with E-state index in [2.05, 4.69) is 50.3 Å². The van der Waals surface area contributed by atoms with Crippen molar-refractivity contribution < 1.29 is 4.79 Å². The number of fused-ring (bicyclic) bond motifs is 1. The molecular formula is C18H23N7O. The van der Waals surface area contributed by atoms with E-state index in [4.69, 9.17) is 0 Å². The highest BCUT2D eigenvalue weighted by Crippen LogP contribution is 2.28. The zero-order valence-corrected chi connectivity index (χ0v) is 15.1. The number of carbonyl (C=O) groups excluding carboxylic acids is 1. The number of aromatic nitrogens is 5. The minimum absolute atomic E-state index is 0.0794. The second-order valence-corrected chi connectivity index (χ2v) is 7.06. The Morgan fingerprint density at radius 1 is 1.35 bits per heavy atom. The molecule has 0 aliphatic carbocycles. The molecule has 1 aliphatic heterocycles. The number of tetrazole rings is 1. The summed E-state index contributed by atoms with van der Waals surface area (Å²) in [5, 5.41) is 15.3. The lowest BCUT2D eigenvalue weighted by molar-refractivity contribution is 0.0792. The molecule has 3 aromatic rings. The van der Waals surface area contributed by atoms with E-state index in [9.17, 15) is 4.79 Å². The van der Waals surface area contributed by atoms with Crippen LogP contribution in [0.25, 0.3) is 10.9 Å². The Morgan fingerprint density at radius 3 is 2.96 bits per heavy atom. The van der Waals surface area contributed by atoms with Crippen LogP contribution in [-0.2, 0) is 6.54 Å². The number of carbonyl (C=O) groups is 1. The first-order chi connectivity index (χ1) is 12.6. The van der Waals surface area contributed by atoms with Gasteiger partial charge < -0.3 is 14.4 Å². The van der Waals surface area contributed by atoms with Crippen LogP contribution in [0.1, 0.15) is 28.5 Å². The number of hydrogen-bond acceptors (Lipinski definition) is 5. The molecule has 4 rings (SSSR count). The van der Waals surface area contributed by atoms with Gasteiger partial charge in [0.25, 0.3) is 5.91 Å². The highest BCUT2D eigenvalue weighted by molar-refractivity contribution is 6.07. The van der Waals surface area contributed by atoms with Gasteiger partial charge in [0.1, 0.15) is 0 Å². The number of amides is 1. The summed E-state index contributed by atoms with van der Waals surface area (Å²) in [5.41, 5.74) is 1.87. The number of hydrogen-bond donors (Lipinski definition) is 1. The molecule has 1 saturated heterocycles. The number of rotatable bonds is 5. The molecule has 26 heavy (non-hydrogen) atoms. The fraction of sp³-hybridized carbons (Fsp3) is 0.444. The van der Waals surface area contributed by atoms with Crippen molar-refractivity contribution in [2.45, 2.75) is 18.9 Å². The maximum absolute atomic E-state index is 13.2. The van der Waals surface area contributed by atoms with Crippen LogP contribution in [0.15, 0.2) is 30.5 Å². The smallest absolute Gasteiger partial charge is 0.256 e. The van der Waals surface area contributed by atoms with Crippen molar-refractivity contribution in [3.8, 4) is 0 Å². The van der Waals surface area contributed by atoms with Gasteiger partial charge in [-0.25, -0.2) is 0 Å². The van der Waals surface area contributed by atoms with E-state index in [1.165, 1.54) is 0 Å². The van der Waals surface area contributed by atoms with Crippen molar-refractivity contribution in [2.75, 3.05) is 33.7 Å². The molecule has 8 heteroatoms. The number of nitrogens with one attached hydrogen (secondary N) is 1. The van der Waals surface area contributed by atoms with Crippen molar-refractivity contribution in [3.63, 3.8) is 0 Å². The zero-order valence-electron chi connectivity index (χ0n) is 15.1. The SMILES string of the molecule is CN(C)CCn1cc(C(=O)N2CCC(c3nn[nH]n3)C2)c2ccccc21. The van der Waals surface area contributed by atoms with E-state index in [0.717, 1.165) is 42.5 Å². The molecule has 1 fully saturated rings. The summed E-state index contributed by atoms with van der Waals surface area (Å²) in [6.07, 6.45) is 2.86. The third-order valence-electron chi connectivity index (χ3n) is 5.01. The Bertz CT molecular complexity index is 900. The largest absolute Gasteiger partial charge is 0.345 e. The van der Waals surface area contributed by atoms with E-state index in [-0.39, 0.29) is 11.8 Å². The summed E-state index contributed by atoms with van der Waals surface area (Å²) < 4.78 is 2.18. The average Bonchev–Trinajstić information content (AvgIpc) is 3.37. The molecule has 0 radical (unpaired) electrons. The molecule has 1 N–H and O–H groups in total. The minimum Gasteiger partial charge on any atom is -0.345 e. The first kappa shape index (κ1) is 16.7.